The molecule has 0 amide bonds. The fourth-order valence-corrected chi connectivity index (χ4v) is 1.90. The van der Waals surface area contributed by atoms with Crippen molar-refractivity contribution in [2.75, 3.05) is 0 Å². The minimum Gasteiger partial charge on any atom is -0.239 e. The second kappa shape index (κ2) is 4.82. The average molecular weight is 295 g/mol. The largest absolute Gasteiger partial charge is 0.416 e. The molecule has 2 rings (SSSR count). The van der Waals surface area contributed by atoms with Crippen LogP contribution in [-0.2, 0) is 12.1 Å². The predicted octanol–water partition coefficient (Wildman–Crippen LogP) is 4.28. The maximum atomic E-state index is 12.8. The van der Waals surface area contributed by atoms with Crippen LogP contribution in [0.15, 0.2) is 30.6 Å². The first kappa shape index (κ1) is 13.2. The quantitative estimate of drug-likeness (QED) is 0.756. The zero-order chi connectivity index (χ0) is 13.3. The van der Waals surface area contributed by atoms with Gasteiger partial charge in [-0.05, 0) is 17.7 Å². The van der Waals surface area contributed by atoms with Gasteiger partial charge in [-0.1, -0.05) is 17.7 Å². The maximum Gasteiger partial charge on any atom is 0.416 e. The van der Waals surface area contributed by atoms with E-state index in [0.717, 1.165) is 6.07 Å². The fourth-order valence-electron chi connectivity index (χ4n) is 1.53. The van der Waals surface area contributed by atoms with Crippen molar-refractivity contribution in [3.63, 3.8) is 0 Å². The minimum absolute atomic E-state index is 0.0335. The third kappa shape index (κ3) is 2.62. The van der Waals surface area contributed by atoms with Crippen LogP contribution in [-0.4, -0.2) is 9.78 Å². The molecular formula is C11H7Cl2F3N2. The zero-order valence-electron chi connectivity index (χ0n) is 8.88. The van der Waals surface area contributed by atoms with Gasteiger partial charge in [-0.15, -0.1) is 11.6 Å². The first-order chi connectivity index (χ1) is 8.41. The molecule has 1 aromatic heterocycles. The number of halogens is 5. The molecular weight excluding hydrogens is 288 g/mol. The molecule has 0 saturated carbocycles. The first-order valence-electron chi connectivity index (χ1n) is 4.88. The molecule has 1 heterocycles. The van der Waals surface area contributed by atoms with E-state index in [4.69, 9.17) is 23.2 Å². The molecule has 2 aromatic rings. The van der Waals surface area contributed by atoms with E-state index in [9.17, 15) is 13.2 Å². The summed E-state index contributed by atoms with van der Waals surface area (Å²) in [6, 6.07) is 3.85. The number of nitrogens with zero attached hydrogens (tertiary/aromatic N) is 2. The molecule has 0 N–H and O–H groups in total. The summed E-state index contributed by atoms with van der Waals surface area (Å²) in [5, 5.41) is 4.20. The molecule has 1 aromatic carbocycles. The minimum atomic E-state index is -4.45. The Bertz CT molecular complexity index is 564. The van der Waals surface area contributed by atoms with Crippen molar-refractivity contribution in [2.45, 2.75) is 12.1 Å². The monoisotopic (exact) mass is 294 g/mol. The molecule has 0 aliphatic heterocycles. The van der Waals surface area contributed by atoms with Crippen LogP contribution in [0.2, 0.25) is 5.02 Å². The van der Waals surface area contributed by atoms with E-state index in [1.807, 2.05) is 0 Å². The molecule has 0 unspecified atom stereocenters. The second-order valence-corrected chi connectivity index (χ2v) is 4.28. The standard InChI is InChI=1S/C11H7Cl2F3N2/c12-4-7-1-2-9(3-10(7)11(14,15)16)18-6-8(13)5-17-18/h1-3,5-6H,4H2. The van der Waals surface area contributed by atoms with Gasteiger partial charge < -0.3 is 0 Å². The summed E-state index contributed by atoms with van der Waals surface area (Å²) in [6.45, 7) is 0. The Morgan fingerprint density at radius 3 is 2.50 bits per heavy atom. The van der Waals surface area contributed by atoms with Crippen molar-refractivity contribution in [2.24, 2.45) is 0 Å². The Morgan fingerprint density at radius 2 is 2.00 bits per heavy atom. The van der Waals surface area contributed by atoms with Crippen molar-refractivity contribution in [1.82, 2.24) is 9.78 Å². The van der Waals surface area contributed by atoms with Gasteiger partial charge in [-0.25, -0.2) is 4.68 Å². The van der Waals surface area contributed by atoms with Crippen LogP contribution in [0.5, 0.6) is 0 Å². The highest BCUT2D eigenvalue weighted by Gasteiger charge is 2.33. The molecule has 0 spiro atoms. The molecule has 0 radical (unpaired) electrons. The Kier molecular flexibility index (Phi) is 3.54. The van der Waals surface area contributed by atoms with Gasteiger partial charge in [0.05, 0.1) is 22.5 Å². The van der Waals surface area contributed by atoms with Gasteiger partial charge >= 0.3 is 6.18 Å². The second-order valence-electron chi connectivity index (χ2n) is 3.58. The number of benzene rings is 1. The number of hydrogen-bond donors (Lipinski definition) is 0. The highest BCUT2D eigenvalue weighted by atomic mass is 35.5. The van der Waals surface area contributed by atoms with Crippen molar-refractivity contribution in [3.05, 3.63) is 46.7 Å². The summed E-state index contributed by atoms with van der Waals surface area (Å²) >= 11 is 11.2. The summed E-state index contributed by atoms with van der Waals surface area (Å²) in [6.07, 6.45) is -1.67. The molecule has 2 nitrogen and oxygen atoms in total. The van der Waals surface area contributed by atoms with Crippen molar-refractivity contribution in [1.29, 1.82) is 0 Å². The van der Waals surface area contributed by atoms with E-state index < -0.39 is 11.7 Å². The smallest absolute Gasteiger partial charge is 0.239 e. The highest BCUT2D eigenvalue weighted by molar-refractivity contribution is 6.30. The van der Waals surface area contributed by atoms with E-state index in [-0.39, 0.29) is 17.1 Å². The van der Waals surface area contributed by atoms with E-state index in [1.54, 1.807) is 0 Å². The van der Waals surface area contributed by atoms with Crippen LogP contribution in [0.3, 0.4) is 0 Å². The van der Waals surface area contributed by atoms with Crippen LogP contribution in [0.25, 0.3) is 5.69 Å². The average Bonchev–Trinajstić information content (AvgIpc) is 2.74. The van der Waals surface area contributed by atoms with Crippen LogP contribution >= 0.6 is 23.2 Å². The Labute approximate surface area is 111 Å². The summed E-state index contributed by atoms with van der Waals surface area (Å²) in [5.41, 5.74) is -0.448. The van der Waals surface area contributed by atoms with Gasteiger partial charge in [0, 0.05) is 12.1 Å². The number of hydrogen-bond acceptors (Lipinski definition) is 1. The lowest BCUT2D eigenvalue weighted by Crippen LogP contribution is -2.10. The van der Waals surface area contributed by atoms with E-state index in [0.29, 0.717) is 5.02 Å². The van der Waals surface area contributed by atoms with E-state index >= 15 is 0 Å². The van der Waals surface area contributed by atoms with Gasteiger partial charge in [-0.2, -0.15) is 18.3 Å². The van der Waals surface area contributed by atoms with Crippen molar-refractivity contribution in [3.8, 4) is 5.69 Å². The van der Waals surface area contributed by atoms with E-state index in [2.05, 4.69) is 5.10 Å². The first-order valence-corrected chi connectivity index (χ1v) is 5.79. The van der Waals surface area contributed by atoms with Gasteiger partial charge in [0.2, 0.25) is 0 Å². The van der Waals surface area contributed by atoms with Gasteiger partial charge in [0.25, 0.3) is 0 Å². The third-order valence-electron chi connectivity index (χ3n) is 2.36. The fraction of sp³-hybridized carbons (Fsp3) is 0.182. The molecule has 7 heteroatoms. The summed E-state index contributed by atoms with van der Waals surface area (Å²) in [7, 11) is 0. The maximum absolute atomic E-state index is 12.8. The van der Waals surface area contributed by atoms with Crippen LogP contribution in [0, 0.1) is 0 Å². The Morgan fingerprint density at radius 1 is 1.28 bits per heavy atom. The highest BCUT2D eigenvalue weighted by Crippen LogP contribution is 2.34. The molecule has 0 atom stereocenters. The number of rotatable bonds is 2. The molecule has 0 bridgehead atoms. The van der Waals surface area contributed by atoms with Crippen LogP contribution in [0.1, 0.15) is 11.1 Å². The van der Waals surface area contributed by atoms with Crippen molar-refractivity contribution < 1.29 is 13.2 Å². The normalized spacial score (nSPS) is 11.8. The third-order valence-corrected chi connectivity index (χ3v) is 2.84. The zero-order valence-corrected chi connectivity index (χ0v) is 10.4. The molecule has 0 saturated heterocycles. The predicted molar refractivity (Wildman–Crippen MR) is 63.1 cm³/mol. The molecule has 0 aliphatic rings. The molecule has 0 aliphatic carbocycles. The van der Waals surface area contributed by atoms with E-state index in [1.165, 1.54) is 29.2 Å². The van der Waals surface area contributed by atoms with Crippen molar-refractivity contribution >= 4 is 23.2 Å². The Hall–Kier alpha value is -1.20. The lowest BCUT2D eigenvalue weighted by Gasteiger charge is -2.13. The molecule has 96 valence electrons. The van der Waals surface area contributed by atoms with Gasteiger partial charge in [0.1, 0.15) is 0 Å². The lowest BCUT2D eigenvalue weighted by molar-refractivity contribution is -0.138. The molecule has 0 fully saturated rings. The van der Waals surface area contributed by atoms with Crippen LogP contribution in [0.4, 0.5) is 13.2 Å². The SMILES string of the molecule is FC(F)(F)c1cc(-n2cc(Cl)cn2)ccc1CCl. The van der Waals surface area contributed by atoms with Gasteiger partial charge in [-0.3, -0.25) is 0 Å². The van der Waals surface area contributed by atoms with Crippen LogP contribution < -0.4 is 0 Å². The summed E-state index contributed by atoms with van der Waals surface area (Å²) < 4.78 is 39.7. The number of aromatic nitrogens is 2. The lowest BCUT2D eigenvalue weighted by atomic mass is 10.1. The van der Waals surface area contributed by atoms with Gasteiger partial charge in [0.15, 0.2) is 0 Å². The topological polar surface area (TPSA) is 17.8 Å². The summed E-state index contributed by atoms with van der Waals surface area (Å²) in [5.74, 6) is -0.199. The number of alkyl halides is 4. The molecule has 18 heavy (non-hydrogen) atoms. The Balaban J connectivity index is 2.52. The summed E-state index contributed by atoms with van der Waals surface area (Å²) in [4.78, 5) is 0.